The Kier molecular flexibility index (Phi) is 8.21. The summed E-state index contributed by atoms with van der Waals surface area (Å²) in [5.41, 5.74) is 2.11. The number of benzene rings is 1. The normalized spacial score (nSPS) is 16.1. The minimum absolute atomic E-state index is 0.403. The topological polar surface area (TPSA) is 37.0 Å². The van der Waals surface area contributed by atoms with E-state index < -0.39 is 11.7 Å². The average molecular weight is 446 g/mol. The maximum Gasteiger partial charge on any atom is 0.416 e. The Bertz CT molecular complexity index is 996. The monoisotopic (exact) mass is 445 g/mol. The molecule has 2 N–H and O–H groups in total. The van der Waals surface area contributed by atoms with Gasteiger partial charge in [-0.1, -0.05) is 52.2 Å². The van der Waals surface area contributed by atoms with Gasteiger partial charge in [-0.05, 0) is 42.5 Å². The molecule has 174 valence electrons. The highest BCUT2D eigenvalue weighted by Gasteiger charge is 2.30. The second kappa shape index (κ2) is 10.9. The summed E-state index contributed by atoms with van der Waals surface area (Å²) in [6, 6.07) is 7.72. The number of pyridine rings is 1. The number of nitrogens with zero attached hydrogens (tertiary/aromatic N) is 1. The molecule has 2 aromatic rings. The summed E-state index contributed by atoms with van der Waals surface area (Å²) < 4.78 is 39.0. The van der Waals surface area contributed by atoms with Crippen LogP contribution in [-0.4, -0.2) is 17.6 Å². The van der Waals surface area contributed by atoms with Crippen molar-refractivity contribution in [1.29, 1.82) is 0 Å². The molecule has 2 unspecified atom stereocenters. The van der Waals surface area contributed by atoms with Crippen molar-refractivity contribution < 1.29 is 13.2 Å². The number of unbranched alkanes of at least 4 members (excludes halogenated alkanes) is 1. The van der Waals surface area contributed by atoms with E-state index in [1.807, 2.05) is 12.3 Å². The molecule has 3 rings (SSSR count). The van der Waals surface area contributed by atoms with Gasteiger partial charge in [0.1, 0.15) is 0 Å². The minimum Gasteiger partial charge on any atom is -0.385 e. The van der Waals surface area contributed by atoms with E-state index in [2.05, 4.69) is 36.4 Å². The van der Waals surface area contributed by atoms with E-state index in [-0.39, 0.29) is 0 Å². The lowest BCUT2D eigenvalue weighted by Gasteiger charge is -2.24. The standard InChI is InChI=1S/C26H34F3N3/c1-4-6-7-21(16-18(3)5-2)32-24-13-15-31-25(22-12-14-30-17-23(22)24)19-8-10-20(11-9-19)26(27,28)29/h8-12,14,17-18,21,31-32H,4-7,13,15-16H2,1-3H3. The van der Waals surface area contributed by atoms with Crippen LogP contribution in [0.5, 0.6) is 0 Å². The van der Waals surface area contributed by atoms with Gasteiger partial charge < -0.3 is 10.6 Å². The van der Waals surface area contributed by atoms with Gasteiger partial charge in [-0.15, -0.1) is 0 Å². The van der Waals surface area contributed by atoms with E-state index in [1.165, 1.54) is 12.8 Å². The number of alkyl halides is 3. The van der Waals surface area contributed by atoms with Crippen molar-refractivity contribution in [2.24, 2.45) is 5.92 Å². The Labute approximate surface area is 188 Å². The predicted octanol–water partition coefficient (Wildman–Crippen LogP) is 4.94. The molecular formula is C26H34F3N3. The maximum absolute atomic E-state index is 13.0. The smallest absolute Gasteiger partial charge is 0.385 e. The van der Waals surface area contributed by atoms with Crippen LogP contribution in [0.4, 0.5) is 13.2 Å². The molecule has 0 bridgehead atoms. The summed E-state index contributed by atoms with van der Waals surface area (Å²) in [7, 11) is 0. The number of halogens is 3. The molecule has 2 heterocycles. The quantitative estimate of drug-likeness (QED) is 0.574. The number of fused-ring (bicyclic) bond motifs is 1. The maximum atomic E-state index is 13.0. The molecule has 0 saturated heterocycles. The molecule has 0 saturated carbocycles. The molecule has 0 aliphatic carbocycles. The van der Waals surface area contributed by atoms with Crippen LogP contribution in [0.25, 0.3) is 11.4 Å². The largest absolute Gasteiger partial charge is 0.416 e. The van der Waals surface area contributed by atoms with Crippen molar-refractivity contribution in [1.82, 2.24) is 15.6 Å². The number of hydrogen-bond donors (Lipinski definition) is 2. The van der Waals surface area contributed by atoms with Crippen LogP contribution in [-0.2, 0) is 6.18 Å². The summed E-state index contributed by atoms with van der Waals surface area (Å²) in [5, 5.41) is 9.28. The van der Waals surface area contributed by atoms with Crippen LogP contribution in [0.2, 0.25) is 0 Å². The molecule has 1 aromatic carbocycles. The lowest BCUT2D eigenvalue weighted by Crippen LogP contribution is -2.38. The molecular weight excluding hydrogens is 411 g/mol. The first-order valence-electron chi connectivity index (χ1n) is 11.7. The number of hydrogen-bond acceptors (Lipinski definition) is 3. The molecule has 0 amide bonds. The van der Waals surface area contributed by atoms with E-state index >= 15 is 0 Å². The Balaban J connectivity index is 2.04. The second-order valence-electron chi connectivity index (χ2n) is 8.76. The highest BCUT2D eigenvalue weighted by atomic mass is 19.4. The zero-order valence-electron chi connectivity index (χ0n) is 19.2. The Hall–Kier alpha value is -2.50. The van der Waals surface area contributed by atoms with Crippen LogP contribution in [0, 0.1) is 5.92 Å². The van der Waals surface area contributed by atoms with E-state index in [4.69, 9.17) is 0 Å². The fourth-order valence-electron chi connectivity index (χ4n) is 4.23. The fraction of sp³-hybridized carbons (Fsp3) is 0.500. The number of rotatable bonds is 9. The first-order valence-corrected chi connectivity index (χ1v) is 11.7. The van der Waals surface area contributed by atoms with Crippen molar-refractivity contribution in [3.8, 4) is 0 Å². The highest BCUT2D eigenvalue weighted by Crippen LogP contribution is 2.29. The molecule has 0 fully saturated rings. The lowest BCUT2D eigenvalue weighted by atomic mass is 9.95. The zero-order valence-corrected chi connectivity index (χ0v) is 19.2. The third-order valence-corrected chi connectivity index (χ3v) is 6.26. The summed E-state index contributed by atoms with van der Waals surface area (Å²) >= 11 is 0. The number of aromatic nitrogens is 1. The third kappa shape index (κ3) is 6.05. The Morgan fingerprint density at radius 3 is 2.50 bits per heavy atom. The van der Waals surface area contributed by atoms with Gasteiger partial charge in [-0.25, -0.2) is 0 Å². The SMILES string of the molecule is CCCCC(CC(C)CC)NC1=c2cnccc2=C(c2ccc(C(F)(F)F)cc2)NCC1. The van der Waals surface area contributed by atoms with Gasteiger partial charge in [0, 0.05) is 53.2 Å². The summed E-state index contributed by atoms with van der Waals surface area (Å²) in [4.78, 5) is 4.36. The van der Waals surface area contributed by atoms with Gasteiger partial charge in [0.15, 0.2) is 0 Å². The van der Waals surface area contributed by atoms with E-state index in [9.17, 15) is 13.2 Å². The van der Waals surface area contributed by atoms with E-state index in [1.54, 1.807) is 18.3 Å². The zero-order chi connectivity index (χ0) is 23.1. The van der Waals surface area contributed by atoms with E-state index in [0.29, 0.717) is 18.5 Å². The highest BCUT2D eigenvalue weighted by molar-refractivity contribution is 5.66. The van der Waals surface area contributed by atoms with E-state index in [0.717, 1.165) is 65.2 Å². The Morgan fingerprint density at radius 2 is 1.84 bits per heavy atom. The predicted molar refractivity (Wildman–Crippen MR) is 124 cm³/mol. The van der Waals surface area contributed by atoms with Gasteiger partial charge >= 0.3 is 6.18 Å². The average Bonchev–Trinajstić information content (AvgIpc) is 2.96. The van der Waals surface area contributed by atoms with Crippen molar-refractivity contribution >= 4 is 11.4 Å². The fourth-order valence-corrected chi connectivity index (χ4v) is 4.23. The first-order chi connectivity index (χ1) is 15.3. The minimum atomic E-state index is -4.34. The summed E-state index contributed by atoms with van der Waals surface area (Å²) in [6.45, 7) is 7.45. The molecule has 1 aliphatic heterocycles. The summed E-state index contributed by atoms with van der Waals surface area (Å²) in [5.74, 6) is 0.650. The van der Waals surface area contributed by atoms with Gasteiger partial charge in [-0.2, -0.15) is 13.2 Å². The van der Waals surface area contributed by atoms with Crippen LogP contribution < -0.4 is 21.1 Å². The molecule has 6 heteroatoms. The number of nitrogens with one attached hydrogen (secondary N) is 2. The third-order valence-electron chi connectivity index (χ3n) is 6.26. The van der Waals surface area contributed by atoms with Crippen LogP contribution in [0.3, 0.4) is 0 Å². The second-order valence-corrected chi connectivity index (χ2v) is 8.76. The lowest BCUT2D eigenvalue weighted by molar-refractivity contribution is -0.137. The Morgan fingerprint density at radius 1 is 1.09 bits per heavy atom. The van der Waals surface area contributed by atoms with Crippen molar-refractivity contribution in [3.63, 3.8) is 0 Å². The van der Waals surface area contributed by atoms with Crippen LogP contribution in [0.15, 0.2) is 42.7 Å². The molecule has 0 spiro atoms. The van der Waals surface area contributed by atoms with Gasteiger partial charge in [0.05, 0.1) is 5.56 Å². The molecule has 3 nitrogen and oxygen atoms in total. The van der Waals surface area contributed by atoms with Crippen LogP contribution in [0.1, 0.15) is 70.4 Å². The molecule has 32 heavy (non-hydrogen) atoms. The van der Waals surface area contributed by atoms with Crippen molar-refractivity contribution in [2.75, 3.05) is 6.54 Å². The molecule has 2 atom stereocenters. The van der Waals surface area contributed by atoms with Gasteiger partial charge in [0.2, 0.25) is 0 Å². The molecule has 1 aliphatic rings. The van der Waals surface area contributed by atoms with Gasteiger partial charge in [0.25, 0.3) is 0 Å². The summed E-state index contributed by atoms with van der Waals surface area (Å²) in [6.07, 6.45) is 5.84. The molecule has 1 aromatic heterocycles. The van der Waals surface area contributed by atoms with Crippen molar-refractivity contribution in [2.45, 2.75) is 71.5 Å². The van der Waals surface area contributed by atoms with Crippen LogP contribution >= 0.6 is 0 Å². The first kappa shape index (κ1) is 24.1. The molecule has 0 radical (unpaired) electrons. The van der Waals surface area contributed by atoms with Crippen molar-refractivity contribution in [3.05, 3.63) is 64.3 Å². The van der Waals surface area contributed by atoms with Gasteiger partial charge in [-0.3, -0.25) is 4.98 Å².